The molecule has 0 bridgehead atoms. The van der Waals surface area contributed by atoms with E-state index >= 15 is 0 Å². The Morgan fingerprint density at radius 2 is 1.62 bits per heavy atom. The SMILES string of the molecule is CCC(CC)N(C)CC(C)(C)CNC(C)C. The summed E-state index contributed by atoms with van der Waals surface area (Å²) in [6.07, 6.45) is 2.50. The fourth-order valence-electron chi connectivity index (χ4n) is 2.25. The summed E-state index contributed by atoms with van der Waals surface area (Å²) in [6.45, 7) is 15.9. The van der Waals surface area contributed by atoms with E-state index in [2.05, 4.69) is 58.8 Å². The first-order valence-corrected chi connectivity index (χ1v) is 6.76. The van der Waals surface area contributed by atoms with Crippen molar-refractivity contribution in [1.82, 2.24) is 10.2 Å². The van der Waals surface area contributed by atoms with Gasteiger partial charge in [-0.2, -0.15) is 0 Å². The number of hydrogen-bond donors (Lipinski definition) is 1. The van der Waals surface area contributed by atoms with Gasteiger partial charge in [-0.3, -0.25) is 0 Å². The molecule has 0 heterocycles. The number of rotatable bonds is 8. The molecular weight excluding hydrogens is 196 g/mol. The van der Waals surface area contributed by atoms with Gasteiger partial charge in [0.2, 0.25) is 0 Å². The van der Waals surface area contributed by atoms with Crippen molar-refractivity contribution < 1.29 is 0 Å². The van der Waals surface area contributed by atoms with Crippen LogP contribution < -0.4 is 5.32 Å². The van der Waals surface area contributed by atoms with Crippen molar-refractivity contribution in [1.29, 1.82) is 0 Å². The Bertz CT molecular complexity index is 172. The van der Waals surface area contributed by atoms with Crippen LogP contribution >= 0.6 is 0 Å². The van der Waals surface area contributed by atoms with Crippen LogP contribution in [0.1, 0.15) is 54.4 Å². The van der Waals surface area contributed by atoms with E-state index in [1.165, 1.54) is 19.4 Å². The van der Waals surface area contributed by atoms with E-state index in [9.17, 15) is 0 Å². The summed E-state index contributed by atoms with van der Waals surface area (Å²) < 4.78 is 0. The fraction of sp³-hybridized carbons (Fsp3) is 1.00. The molecule has 0 rings (SSSR count). The van der Waals surface area contributed by atoms with Crippen molar-refractivity contribution in [2.24, 2.45) is 5.41 Å². The standard InChI is InChI=1S/C14H32N2/c1-8-13(9-2)16(7)11-14(5,6)10-15-12(3)4/h12-13,15H,8-11H2,1-7H3. The first-order valence-electron chi connectivity index (χ1n) is 6.76. The molecule has 0 saturated carbocycles. The number of nitrogens with zero attached hydrogens (tertiary/aromatic N) is 1. The van der Waals surface area contributed by atoms with E-state index < -0.39 is 0 Å². The van der Waals surface area contributed by atoms with Gasteiger partial charge in [-0.1, -0.05) is 41.5 Å². The van der Waals surface area contributed by atoms with Gasteiger partial charge in [-0.15, -0.1) is 0 Å². The second kappa shape index (κ2) is 7.29. The van der Waals surface area contributed by atoms with Crippen molar-refractivity contribution >= 4 is 0 Å². The molecule has 0 aromatic carbocycles. The van der Waals surface area contributed by atoms with E-state index in [1.54, 1.807) is 0 Å². The summed E-state index contributed by atoms with van der Waals surface area (Å²) in [5, 5.41) is 3.54. The van der Waals surface area contributed by atoms with Gasteiger partial charge in [-0.05, 0) is 25.3 Å². The Labute approximate surface area is 103 Å². The minimum absolute atomic E-state index is 0.349. The van der Waals surface area contributed by atoms with Crippen LogP contribution in [-0.2, 0) is 0 Å². The van der Waals surface area contributed by atoms with Gasteiger partial charge in [0.05, 0.1) is 0 Å². The largest absolute Gasteiger partial charge is 0.314 e. The minimum Gasteiger partial charge on any atom is -0.314 e. The Balaban J connectivity index is 4.12. The van der Waals surface area contributed by atoms with E-state index in [0.29, 0.717) is 11.5 Å². The van der Waals surface area contributed by atoms with Gasteiger partial charge in [0.1, 0.15) is 0 Å². The predicted octanol–water partition coefficient (Wildman–Crippen LogP) is 3.13. The Kier molecular flexibility index (Phi) is 7.25. The molecule has 0 aliphatic carbocycles. The molecule has 0 unspecified atom stereocenters. The highest BCUT2D eigenvalue weighted by molar-refractivity contribution is 4.78. The Hall–Kier alpha value is -0.0800. The van der Waals surface area contributed by atoms with E-state index in [-0.39, 0.29) is 0 Å². The van der Waals surface area contributed by atoms with Gasteiger partial charge in [-0.25, -0.2) is 0 Å². The zero-order chi connectivity index (χ0) is 12.8. The molecule has 16 heavy (non-hydrogen) atoms. The van der Waals surface area contributed by atoms with Gasteiger partial charge >= 0.3 is 0 Å². The zero-order valence-corrected chi connectivity index (χ0v) is 12.4. The second-order valence-corrected chi connectivity index (χ2v) is 6.09. The van der Waals surface area contributed by atoms with Gasteiger partial charge in [0.15, 0.2) is 0 Å². The lowest BCUT2D eigenvalue weighted by Crippen LogP contribution is -2.44. The maximum absolute atomic E-state index is 3.54. The number of nitrogens with one attached hydrogen (secondary N) is 1. The fourth-order valence-corrected chi connectivity index (χ4v) is 2.25. The minimum atomic E-state index is 0.349. The van der Waals surface area contributed by atoms with E-state index in [1.807, 2.05) is 0 Å². The van der Waals surface area contributed by atoms with Gasteiger partial charge in [0, 0.05) is 25.2 Å². The highest BCUT2D eigenvalue weighted by Crippen LogP contribution is 2.18. The molecule has 0 atom stereocenters. The van der Waals surface area contributed by atoms with Crippen LogP contribution in [0.25, 0.3) is 0 Å². The monoisotopic (exact) mass is 228 g/mol. The van der Waals surface area contributed by atoms with Crippen LogP contribution in [-0.4, -0.2) is 37.1 Å². The molecule has 0 aliphatic heterocycles. The molecule has 0 spiro atoms. The van der Waals surface area contributed by atoms with Gasteiger partial charge < -0.3 is 10.2 Å². The molecule has 0 aromatic rings. The molecule has 0 amide bonds. The molecule has 0 radical (unpaired) electrons. The Morgan fingerprint density at radius 3 is 2.00 bits per heavy atom. The highest BCUT2D eigenvalue weighted by Gasteiger charge is 2.22. The Morgan fingerprint density at radius 1 is 1.12 bits per heavy atom. The first-order chi connectivity index (χ1) is 7.32. The summed E-state index contributed by atoms with van der Waals surface area (Å²) in [7, 11) is 2.26. The van der Waals surface area contributed by atoms with E-state index in [0.717, 1.165) is 12.6 Å². The average molecular weight is 228 g/mol. The van der Waals surface area contributed by atoms with Crippen LogP contribution in [0.5, 0.6) is 0 Å². The molecule has 0 aliphatic rings. The van der Waals surface area contributed by atoms with Crippen molar-refractivity contribution in [2.75, 3.05) is 20.1 Å². The lowest BCUT2D eigenvalue weighted by molar-refractivity contribution is 0.149. The lowest BCUT2D eigenvalue weighted by atomic mass is 9.91. The molecule has 2 nitrogen and oxygen atoms in total. The van der Waals surface area contributed by atoms with Crippen LogP contribution in [0, 0.1) is 5.41 Å². The molecule has 2 heteroatoms. The van der Waals surface area contributed by atoms with Crippen LogP contribution in [0.2, 0.25) is 0 Å². The topological polar surface area (TPSA) is 15.3 Å². The molecular formula is C14H32N2. The van der Waals surface area contributed by atoms with Crippen molar-refractivity contribution in [2.45, 2.75) is 66.5 Å². The normalized spacial score (nSPS) is 13.1. The lowest BCUT2D eigenvalue weighted by Gasteiger charge is -2.35. The van der Waals surface area contributed by atoms with Gasteiger partial charge in [0.25, 0.3) is 0 Å². The van der Waals surface area contributed by atoms with E-state index in [4.69, 9.17) is 0 Å². The van der Waals surface area contributed by atoms with Crippen LogP contribution in [0.15, 0.2) is 0 Å². The second-order valence-electron chi connectivity index (χ2n) is 6.09. The van der Waals surface area contributed by atoms with Crippen molar-refractivity contribution in [3.05, 3.63) is 0 Å². The maximum atomic E-state index is 3.54. The predicted molar refractivity (Wildman–Crippen MR) is 73.9 cm³/mol. The van der Waals surface area contributed by atoms with Crippen LogP contribution in [0.3, 0.4) is 0 Å². The molecule has 0 fully saturated rings. The summed E-state index contributed by atoms with van der Waals surface area (Å²) >= 11 is 0. The quantitative estimate of drug-likeness (QED) is 0.686. The van der Waals surface area contributed by atoms with Crippen molar-refractivity contribution in [3.63, 3.8) is 0 Å². The molecule has 1 N–H and O–H groups in total. The summed E-state index contributed by atoms with van der Waals surface area (Å²) in [5.41, 5.74) is 0.349. The third kappa shape index (κ3) is 6.49. The summed E-state index contributed by atoms with van der Waals surface area (Å²) in [4.78, 5) is 2.52. The zero-order valence-electron chi connectivity index (χ0n) is 12.4. The summed E-state index contributed by atoms with van der Waals surface area (Å²) in [5.74, 6) is 0. The average Bonchev–Trinajstić information content (AvgIpc) is 2.16. The number of hydrogen-bond acceptors (Lipinski definition) is 2. The maximum Gasteiger partial charge on any atom is 0.00871 e. The third-order valence-electron chi connectivity index (χ3n) is 3.23. The third-order valence-corrected chi connectivity index (χ3v) is 3.23. The van der Waals surface area contributed by atoms with Crippen molar-refractivity contribution in [3.8, 4) is 0 Å². The molecule has 98 valence electrons. The summed E-state index contributed by atoms with van der Waals surface area (Å²) in [6, 6.07) is 1.32. The highest BCUT2D eigenvalue weighted by atomic mass is 15.1. The molecule has 0 saturated heterocycles. The first kappa shape index (κ1) is 15.9. The van der Waals surface area contributed by atoms with Crippen LogP contribution in [0.4, 0.5) is 0 Å². The smallest absolute Gasteiger partial charge is 0.00871 e. The molecule has 0 aromatic heterocycles.